The molecule has 0 heterocycles. The summed E-state index contributed by atoms with van der Waals surface area (Å²) in [7, 11) is 0. The van der Waals surface area contributed by atoms with Crippen LogP contribution in [-0.2, 0) is 0 Å². The zero-order valence-corrected chi connectivity index (χ0v) is 6.16. The number of hydrogen-bond acceptors (Lipinski definition) is 0. The SMILES string of the molecule is [2H]C1C[C@H]2C[C@@H]1[C@H]1CC=C[C@@H]21. The zero-order chi connectivity index (χ0) is 7.42. The van der Waals surface area contributed by atoms with Gasteiger partial charge in [-0.3, -0.25) is 0 Å². The summed E-state index contributed by atoms with van der Waals surface area (Å²) in [6.07, 6.45) is 8.89. The molecule has 0 aliphatic heterocycles. The summed E-state index contributed by atoms with van der Waals surface area (Å²) in [5.41, 5.74) is 0. The third-order valence-electron chi connectivity index (χ3n) is 3.67. The van der Waals surface area contributed by atoms with E-state index in [0.29, 0.717) is 6.40 Å². The van der Waals surface area contributed by atoms with Crippen LogP contribution in [0.5, 0.6) is 0 Å². The molecule has 0 aromatic carbocycles. The minimum Gasteiger partial charge on any atom is -0.0879 e. The Morgan fingerprint density at radius 2 is 2.40 bits per heavy atom. The van der Waals surface area contributed by atoms with Crippen LogP contribution in [0.15, 0.2) is 12.2 Å². The lowest BCUT2D eigenvalue weighted by Crippen LogP contribution is -2.16. The van der Waals surface area contributed by atoms with Crippen LogP contribution >= 0.6 is 0 Å². The number of fused-ring (bicyclic) bond motifs is 5. The van der Waals surface area contributed by atoms with E-state index in [0.717, 1.165) is 23.7 Å². The second-order valence-electron chi connectivity index (χ2n) is 4.04. The topological polar surface area (TPSA) is 0 Å². The molecule has 0 aromatic heterocycles. The summed E-state index contributed by atoms with van der Waals surface area (Å²) in [5, 5.41) is 0. The van der Waals surface area contributed by atoms with E-state index in [1.54, 1.807) is 0 Å². The molecule has 2 saturated carbocycles. The van der Waals surface area contributed by atoms with Crippen LogP contribution in [0.2, 0.25) is 0 Å². The monoisotopic (exact) mass is 135 g/mol. The lowest BCUT2D eigenvalue weighted by Gasteiger charge is -2.23. The van der Waals surface area contributed by atoms with Crippen LogP contribution in [0.25, 0.3) is 0 Å². The van der Waals surface area contributed by atoms with Gasteiger partial charge in [0.15, 0.2) is 0 Å². The molecule has 3 rings (SSSR count). The van der Waals surface area contributed by atoms with Crippen molar-refractivity contribution in [2.24, 2.45) is 23.7 Å². The average Bonchev–Trinajstić information content (AvgIpc) is 2.52. The molecule has 0 spiro atoms. The minimum atomic E-state index is 0.293. The first-order chi connectivity index (χ1) is 5.36. The molecule has 0 N–H and O–H groups in total. The van der Waals surface area contributed by atoms with E-state index in [1.165, 1.54) is 19.3 Å². The maximum atomic E-state index is 7.84. The quantitative estimate of drug-likeness (QED) is 0.448. The highest BCUT2D eigenvalue weighted by Gasteiger charge is 2.47. The van der Waals surface area contributed by atoms with Gasteiger partial charge in [-0.25, -0.2) is 0 Å². The van der Waals surface area contributed by atoms with Crippen LogP contribution < -0.4 is 0 Å². The Balaban J connectivity index is 1.94. The molecule has 0 heteroatoms. The Hall–Kier alpha value is -0.260. The molecule has 10 heavy (non-hydrogen) atoms. The Morgan fingerprint density at radius 1 is 1.40 bits per heavy atom. The molecule has 2 bridgehead atoms. The number of hydrogen-bond donors (Lipinski definition) is 0. The number of rotatable bonds is 0. The van der Waals surface area contributed by atoms with Gasteiger partial charge in [0.05, 0.1) is 0 Å². The van der Waals surface area contributed by atoms with E-state index in [9.17, 15) is 0 Å². The largest absolute Gasteiger partial charge is 0.0879 e. The van der Waals surface area contributed by atoms with Crippen LogP contribution in [0.4, 0.5) is 0 Å². The van der Waals surface area contributed by atoms with Gasteiger partial charge in [0.1, 0.15) is 0 Å². The first-order valence-corrected chi connectivity index (χ1v) is 4.45. The molecule has 5 atom stereocenters. The molecule has 0 nitrogen and oxygen atoms in total. The Morgan fingerprint density at radius 3 is 3.40 bits per heavy atom. The van der Waals surface area contributed by atoms with Gasteiger partial charge in [0, 0.05) is 1.37 Å². The zero-order valence-electron chi connectivity index (χ0n) is 7.16. The summed E-state index contributed by atoms with van der Waals surface area (Å²) in [5.74, 6) is 3.43. The molecule has 2 fully saturated rings. The van der Waals surface area contributed by atoms with Gasteiger partial charge in [-0.2, -0.15) is 0 Å². The van der Waals surface area contributed by atoms with Crippen LogP contribution in [0.3, 0.4) is 0 Å². The fourth-order valence-electron chi connectivity index (χ4n) is 3.22. The average molecular weight is 135 g/mol. The summed E-state index contributed by atoms with van der Waals surface area (Å²) in [6, 6.07) is 0. The second kappa shape index (κ2) is 1.66. The van der Waals surface area contributed by atoms with Gasteiger partial charge in [0.25, 0.3) is 0 Å². The van der Waals surface area contributed by atoms with Crippen molar-refractivity contribution in [3.8, 4) is 0 Å². The summed E-state index contributed by atoms with van der Waals surface area (Å²) in [4.78, 5) is 0. The smallest absolute Gasteiger partial charge is 0.0270 e. The van der Waals surface area contributed by atoms with Crippen molar-refractivity contribution in [3.63, 3.8) is 0 Å². The molecular weight excluding hydrogens is 120 g/mol. The normalized spacial score (nSPS) is 64.8. The van der Waals surface area contributed by atoms with E-state index < -0.39 is 0 Å². The van der Waals surface area contributed by atoms with Crippen LogP contribution in [0.1, 0.15) is 27.0 Å². The predicted octanol–water partition coefficient (Wildman–Crippen LogP) is 2.61. The maximum Gasteiger partial charge on any atom is 0.0270 e. The molecule has 1 unspecified atom stereocenters. The van der Waals surface area contributed by atoms with Gasteiger partial charge in [-0.1, -0.05) is 12.2 Å². The van der Waals surface area contributed by atoms with E-state index in [-0.39, 0.29) is 0 Å². The third kappa shape index (κ3) is 0.492. The van der Waals surface area contributed by atoms with Crippen molar-refractivity contribution in [3.05, 3.63) is 12.2 Å². The van der Waals surface area contributed by atoms with E-state index in [4.69, 9.17) is 1.37 Å². The molecule has 3 aliphatic carbocycles. The van der Waals surface area contributed by atoms with Gasteiger partial charge >= 0.3 is 0 Å². The van der Waals surface area contributed by atoms with Gasteiger partial charge in [-0.05, 0) is 49.3 Å². The van der Waals surface area contributed by atoms with E-state index in [1.807, 2.05) is 0 Å². The van der Waals surface area contributed by atoms with Gasteiger partial charge in [-0.15, -0.1) is 0 Å². The molecule has 0 aromatic rings. The standard InChI is InChI=1S/C10H14/c1-2-9-7-4-5-8(6-7)10(9)3-1/h1-2,7-10H,3-6H2/t7-,8+,9-,10+/m0/s1/i5D/t5?,7-,8+,9-,10+. The highest BCUT2D eigenvalue weighted by Crippen LogP contribution is 2.56. The minimum absolute atomic E-state index is 0.293. The Kier molecular flexibility index (Phi) is 0.763. The van der Waals surface area contributed by atoms with Crippen molar-refractivity contribution in [1.82, 2.24) is 0 Å². The highest BCUT2D eigenvalue weighted by molar-refractivity contribution is 5.11. The van der Waals surface area contributed by atoms with Crippen molar-refractivity contribution >= 4 is 0 Å². The Bertz CT molecular complexity index is 209. The fraction of sp³-hybridized carbons (Fsp3) is 0.800. The Labute approximate surface area is 63.7 Å². The number of allylic oxidation sites excluding steroid dienone is 2. The van der Waals surface area contributed by atoms with E-state index in [2.05, 4.69) is 12.2 Å². The molecule has 0 radical (unpaired) electrons. The summed E-state index contributed by atoms with van der Waals surface area (Å²) in [6.45, 7) is 0. The van der Waals surface area contributed by atoms with Crippen LogP contribution in [-0.4, -0.2) is 0 Å². The van der Waals surface area contributed by atoms with Gasteiger partial charge < -0.3 is 0 Å². The maximum absolute atomic E-state index is 7.84. The van der Waals surface area contributed by atoms with E-state index >= 15 is 0 Å². The lowest BCUT2D eigenvalue weighted by atomic mass is 9.82. The second-order valence-corrected chi connectivity index (χ2v) is 4.04. The fourth-order valence-corrected chi connectivity index (χ4v) is 3.22. The molecule has 54 valence electrons. The van der Waals surface area contributed by atoms with Crippen molar-refractivity contribution < 1.29 is 1.37 Å². The van der Waals surface area contributed by atoms with Crippen LogP contribution in [0, 0.1) is 23.7 Å². The van der Waals surface area contributed by atoms with Crippen molar-refractivity contribution in [1.29, 1.82) is 0 Å². The molecule has 0 saturated heterocycles. The lowest BCUT2D eigenvalue weighted by molar-refractivity contribution is 0.285. The first-order valence-electron chi connectivity index (χ1n) is 5.03. The van der Waals surface area contributed by atoms with Crippen molar-refractivity contribution in [2.45, 2.75) is 25.7 Å². The molecule has 0 amide bonds. The van der Waals surface area contributed by atoms with Crippen molar-refractivity contribution in [2.75, 3.05) is 0 Å². The summed E-state index contributed by atoms with van der Waals surface area (Å²) < 4.78 is 7.84. The highest BCUT2D eigenvalue weighted by atomic mass is 14.5. The predicted molar refractivity (Wildman–Crippen MR) is 41.6 cm³/mol. The summed E-state index contributed by atoms with van der Waals surface area (Å²) >= 11 is 0. The third-order valence-corrected chi connectivity index (χ3v) is 3.67. The molecular formula is C10H14. The molecule has 3 aliphatic rings. The van der Waals surface area contributed by atoms with Gasteiger partial charge in [0.2, 0.25) is 0 Å². The first kappa shape index (κ1) is 4.58.